The lowest BCUT2D eigenvalue weighted by atomic mass is 9.44. The summed E-state index contributed by atoms with van der Waals surface area (Å²) in [6.45, 7) is 9.89. The van der Waals surface area contributed by atoms with Gasteiger partial charge in [-0.3, -0.25) is 4.79 Å². The van der Waals surface area contributed by atoms with Gasteiger partial charge in [-0.2, -0.15) is 0 Å². The van der Waals surface area contributed by atoms with Crippen LogP contribution in [0.2, 0.25) is 0 Å². The molecule has 4 saturated carbocycles. The molecule has 1 amide bonds. The number of nitrogens with zero attached hydrogens (tertiary/aromatic N) is 1. The summed E-state index contributed by atoms with van der Waals surface area (Å²) in [4.78, 5) is 14.8. The first-order valence-electron chi connectivity index (χ1n) is 15.7. The number of carbonyl (C=O) groups excluding carboxylic acids is 1. The van der Waals surface area contributed by atoms with Crippen molar-refractivity contribution in [3.8, 4) is 0 Å². The minimum absolute atomic E-state index is 0.289. The molecule has 4 unspecified atom stereocenters. The minimum Gasteiger partial charge on any atom is -0.356 e. The van der Waals surface area contributed by atoms with Crippen LogP contribution in [0.1, 0.15) is 124 Å². The van der Waals surface area contributed by atoms with Crippen molar-refractivity contribution < 1.29 is 4.79 Å². The Morgan fingerprint density at radius 3 is 2.46 bits per heavy atom. The average Bonchev–Trinajstić information content (AvgIpc) is 3.18. The van der Waals surface area contributed by atoms with Crippen LogP contribution < -0.4 is 5.32 Å². The molecule has 3 nitrogen and oxygen atoms in total. The zero-order valence-electron chi connectivity index (χ0n) is 24.0. The SMILES string of the molecule is C[C@H](CCC(=O)NCCCCCCN(C)C)[C@H]1CCC2C3CCC4CCCC[C@]4(C)C3CC[C@@]21C. The number of fused-ring (bicyclic) bond motifs is 5. The second-order valence-corrected chi connectivity index (χ2v) is 14.2. The zero-order chi connectivity index (χ0) is 25.1. The van der Waals surface area contributed by atoms with Crippen LogP contribution >= 0.6 is 0 Å². The Morgan fingerprint density at radius 2 is 1.66 bits per heavy atom. The minimum atomic E-state index is 0.289. The maximum absolute atomic E-state index is 12.5. The smallest absolute Gasteiger partial charge is 0.220 e. The topological polar surface area (TPSA) is 32.3 Å². The van der Waals surface area contributed by atoms with Crippen molar-refractivity contribution in [2.45, 2.75) is 124 Å². The van der Waals surface area contributed by atoms with Gasteiger partial charge in [0, 0.05) is 13.0 Å². The van der Waals surface area contributed by atoms with E-state index in [-0.39, 0.29) is 5.91 Å². The number of hydrogen-bond donors (Lipinski definition) is 1. The van der Waals surface area contributed by atoms with Crippen LogP contribution in [-0.4, -0.2) is 38.0 Å². The summed E-state index contributed by atoms with van der Waals surface area (Å²) in [6, 6.07) is 0. The summed E-state index contributed by atoms with van der Waals surface area (Å²) in [5, 5.41) is 3.21. The van der Waals surface area contributed by atoms with Gasteiger partial charge in [0.05, 0.1) is 0 Å². The highest BCUT2D eigenvalue weighted by Gasteiger charge is 2.60. The van der Waals surface area contributed by atoms with Crippen molar-refractivity contribution in [3.05, 3.63) is 0 Å². The Hall–Kier alpha value is -0.570. The second kappa shape index (κ2) is 11.9. The molecule has 0 aliphatic heterocycles. The van der Waals surface area contributed by atoms with Crippen molar-refractivity contribution in [2.75, 3.05) is 27.2 Å². The molecule has 0 spiro atoms. The van der Waals surface area contributed by atoms with E-state index >= 15 is 0 Å². The Morgan fingerprint density at radius 1 is 0.886 bits per heavy atom. The molecular formula is C32H58N2O. The second-order valence-electron chi connectivity index (χ2n) is 14.2. The lowest BCUT2D eigenvalue weighted by Gasteiger charge is -2.61. The maximum atomic E-state index is 12.5. The molecule has 0 aromatic rings. The van der Waals surface area contributed by atoms with Crippen molar-refractivity contribution in [1.29, 1.82) is 0 Å². The van der Waals surface area contributed by atoms with E-state index in [0.717, 1.165) is 55.4 Å². The Labute approximate surface area is 218 Å². The lowest BCUT2D eigenvalue weighted by Crippen LogP contribution is -2.53. The van der Waals surface area contributed by atoms with Crippen molar-refractivity contribution >= 4 is 5.91 Å². The molecule has 0 bridgehead atoms. The van der Waals surface area contributed by atoms with Gasteiger partial charge in [-0.25, -0.2) is 0 Å². The number of unbranched alkanes of at least 4 members (excludes halogenated alkanes) is 3. The molecule has 4 aliphatic carbocycles. The number of nitrogens with one attached hydrogen (secondary N) is 1. The molecule has 0 saturated heterocycles. The Balaban J connectivity index is 1.22. The molecule has 4 aliphatic rings. The molecule has 0 aromatic heterocycles. The molecule has 0 heterocycles. The van der Waals surface area contributed by atoms with Crippen LogP contribution in [0.15, 0.2) is 0 Å². The van der Waals surface area contributed by atoms with Gasteiger partial charge < -0.3 is 10.2 Å². The molecule has 0 radical (unpaired) electrons. The van der Waals surface area contributed by atoms with E-state index in [2.05, 4.69) is 45.1 Å². The van der Waals surface area contributed by atoms with Crippen LogP contribution in [-0.2, 0) is 4.79 Å². The summed E-state index contributed by atoms with van der Waals surface area (Å²) in [5.74, 6) is 5.77. The number of hydrogen-bond acceptors (Lipinski definition) is 2. The fourth-order valence-corrected chi connectivity index (χ4v) is 10.1. The van der Waals surface area contributed by atoms with Gasteiger partial charge in [0.1, 0.15) is 0 Å². The summed E-state index contributed by atoms with van der Waals surface area (Å²) in [5.41, 5.74) is 1.18. The number of carbonyl (C=O) groups is 1. The third kappa shape index (κ3) is 5.96. The molecule has 8 atom stereocenters. The van der Waals surface area contributed by atoms with Crippen LogP contribution in [0.25, 0.3) is 0 Å². The largest absolute Gasteiger partial charge is 0.356 e. The predicted octanol–water partition coefficient (Wildman–Crippen LogP) is 7.69. The molecule has 35 heavy (non-hydrogen) atoms. The van der Waals surface area contributed by atoms with Crippen LogP contribution in [0.3, 0.4) is 0 Å². The summed E-state index contributed by atoms with van der Waals surface area (Å²) < 4.78 is 0. The summed E-state index contributed by atoms with van der Waals surface area (Å²) >= 11 is 0. The quantitative estimate of drug-likeness (QED) is 0.304. The van der Waals surface area contributed by atoms with Crippen molar-refractivity contribution in [1.82, 2.24) is 10.2 Å². The molecule has 4 rings (SSSR count). The Bertz CT molecular complexity index is 691. The third-order valence-electron chi connectivity index (χ3n) is 12.0. The fraction of sp³-hybridized carbons (Fsp3) is 0.969. The molecule has 4 fully saturated rings. The highest BCUT2D eigenvalue weighted by molar-refractivity contribution is 5.75. The van der Waals surface area contributed by atoms with Gasteiger partial charge in [-0.1, -0.05) is 46.5 Å². The average molecular weight is 487 g/mol. The summed E-state index contributed by atoms with van der Waals surface area (Å²) in [6.07, 6.45) is 21.5. The van der Waals surface area contributed by atoms with Gasteiger partial charge in [-0.15, -0.1) is 0 Å². The highest BCUT2D eigenvalue weighted by atomic mass is 16.1. The standard InChI is InChI=1S/C32H58N2O/c1-24(13-18-30(35)33-22-10-6-7-11-23-34(4)5)27-16-17-28-26-15-14-25-12-8-9-20-31(25,2)29(26)19-21-32(27,28)3/h24-29H,6-23H2,1-5H3,(H,33,35)/t24-,25?,26?,27-,28?,29?,31+,32-/m1/s1. The van der Waals surface area contributed by atoms with Crippen molar-refractivity contribution in [3.63, 3.8) is 0 Å². The molecule has 0 aromatic carbocycles. The van der Waals surface area contributed by atoms with Crippen LogP contribution in [0, 0.1) is 46.3 Å². The number of amides is 1. The van der Waals surface area contributed by atoms with E-state index in [1.165, 1.54) is 90.0 Å². The third-order valence-corrected chi connectivity index (χ3v) is 12.0. The Kier molecular flexibility index (Phi) is 9.31. The van der Waals surface area contributed by atoms with Gasteiger partial charge in [0.15, 0.2) is 0 Å². The van der Waals surface area contributed by atoms with E-state index in [9.17, 15) is 4.79 Å². The highest BCUT2D eigenvalue weighted by Crippen LogP contribution is 2.68. The lowest BCUT2D eigenvalue weighted by molar-refractivity contribution is -0.122. The van der Waals surface area contributed by atoms with E-state index in [4.69, 9.17) is 0 Å². The van der Waals surface area contributed by atoms with Crippen molar-refractivity contribution in [2.24, 2.45) is 46.3 Å². The van der Waals surface area contributed by atoms with Crippen LogP contribution in [0.4, 0.5) is 0 Å². The van der Waals surface area contributed by atoms with Gasteiger partial charge in [-0.05, 0) is 138 Å². The number of rotatable bonds is 11. The zero-order valence-corrected chi connectivity index (χ0v) is 24.0. The fourth-order valence-electron chi connectivity index (χ4n) is 10.1. The molecular weight excluding hydrogens is 428 g/mol. The van der Waals surface area contributed by atoms with E-state index in [1.54, 1.807) is 0 Å². The van der Waals surface area contributed by atoms with Gasteiger partial charge >= 0.3 is 0 Å². The molecule has 3 heteroatoms. The summed E-state index contributed by atoms with van der Waals surface area (Å²) in [7, 11) is 4.28. The first kappa shape index (κ1) is 27.5. The van der Waals surface area contributed by atoms with Gasteiger partial charge in [0.25, 0.3) is 0 Å². The van der Waals surface area contributed by atoms with Gasteiger partial charge in [0.2, 0.25) is 5.91 Å². The first-order valence-corrected chi connectivity index (χ1v) is 15.7. The normalized spacial score (nSPS) is 39.5. The van der Waals surface area contributed by atoms with E-state index < -0.39 is 0 Å². The maximum Gasteiger partial charge on any atom is 0.220 e. The van der Waals surface area contributed by atoms with E-state index in [0.29, 0.717) is 16.7 Å². The molecule has 1 N–H and O–H groups in total. The predicted molar refractivity (Wildman–Crippen MR) is 148 cm³/mol. The molecule has 202 valence electrons. The van der Waals surface area contributed by atoms with E-state index in [1.807, 2.05) is 0 Å². The monoisotopic (exact) mass is 486 g/mol. The van der Waals surface area contributed by atoms with Crippen LogP contribution in [0.5, 0.6) is 0 Å². The first-order chi connectivity index (χ1) is 16.8.